The van der Waals surface area contributed by atoms with E-state index in [0.717, 1.165) is 28.9 Å². The molecule has 0 saturated heterocycles. The minimum Gasteiger partial charge on any atom is -0.350 e. The van der Waals surface area contributed by atoms with Crippen molar-refractivity contribution in [3.8, 4) is 0 Å². The Morgan fingerprint density at radius 2 is 1.64 bits per heavy atom. The molecular formula is C23H25N3O2. The summed E-state index contributed by atoms with van der Waals surface area (Å²) >= 11 is 0. The van der Waals surface area contributed by atoms with Crippen molar-refractivity contribution in [1.82, 2.24) is 10.3 Å². The molecule has 28 heavy (non-hydrogen) atoms. The number of carbonyl (C=O) groups is 2. The first-order chi connectivity index (χ1) is 13.5. The lowest BCUT2D eigenvalue weighted by atomic mass is 9.81. The smallest absolute Gasteiger partial charge is 0.228 e. The number of aromatic nitrogens is 1. The number of fused-ring (bicyclic) bond motifs is 2. The van der Waals surface area contributed by atoms with Gasteiger partial charge in [-0.3, -0.25) is 14.6 Å². The molecule has 5 nitrogen and oxygen atoms in total. The van der Waals surface area contributed by atoms with Crippen LogP contribution < -0.4 is 10.6 Å². The second-order valence-electron chi connectivity index (χ2n) is 7.79. The first kappa shape index (κ1) is 18.4. The predicted molar refractivity (Wildman–Crippen MR) is 108 cm³/mol. The van der Waals surface area contributed by atoms with E-state index >= 15 is 0 Å². The molecule has 1 heterocycles. The Hall–Kier alpha value is -2.95. The molecule has 5 heteroatoms. The molecular weight excluding hydrogens is 350 g/mol. The molecule has 2 aliphatic rings. The van der Waals surface area contributed by atoms with Gasteiger partial charge >= 0.3 is 0 Å². The van der Waals surface area contributed by atoms with Crippen LogP contribution in [0.1, 0.15) is 23.2 Å². The van der Waals surface area contributed by atoms with E-state index in [0.29, 0.717) is 6.54 Å². The largest absolute Gasteiger partial charge is 0.350 e. The van der Waals surface area contributed by atoms with Gasteiger partial charge in [-0.1, -0.05) is 36.4 Å². The molecule has 1 aromatic carbocycles. The Bertz CT molecular complexity index is 902. The Morgan fingerprint density at radius 1 is 0.964 bits per heavy atom. The van der Waals surface area contributed by atoms with Crippen molar-refractivity contribution in [3.63, 3.8) is 0 Å². The van der Waals surface area contributed by atoms with Gasteiger partial charge in [-0.15, -0.1) is 0 Å². The van der Waals surface area contributed by atoms with Crippen LogP contribution in [0, 0.1) is 37.5 Å². The number of aryl methyl sites for hydroxylation is 2. The summed E-state index contributed by atoms with van der Waals surface area (Å²) in [6.45, 7) is 4.35. The zero-order valence-electron chi connectivity index (χ0n) is 16.2. The average molecular weight is 375 g/mol. The third kappa shape index (κ3) is 3.44. The van der Waals surface area contributed by atoms with Crippen molar-refractivity contribution < 1.29 is 9.59 Å². The van der Waals surface area contributed by atoms with Crippen molar-refractivity contribution in [2.75, 3.05) is 5.32 Å². The molecule has 0 aliphatic heterocycles. The number of hydrogen-bond donors (Lipinski definition) is 2. The van der Waals surface area contributed by atoms with Crippen molar-refractivity contribution in [2.24, 2.45) is 23.7 Å². The molecule has 2 N–H and O–H groups in total. The molecule has 1 fully saturated rings. The molecule has 0 unspecified atom stereocenters. The number of para-hydroxylation sites is 1. The van der Waals surface area contributed by atoms with Gasteiger partial charge in [0.25, 0.3) is 0 Å². The van der Waals surface area contributed by atoms with Crippen LogP contribution >= 0.6 is 0 Å². The van der Waals surface area contributed by atoms with Crippen LogP contribution in [0.25, 0.3) is 0 Å². The summed E-state index contributed by atoms with van der Waals surface area (Å²) in [5.41, 5.74) is 3.73. The van der Waals surface area contributed by atoms with Gasteiger partial charge in [-0.05, 0) is 55.4 Å². The van der Waals surface area contributed by atoms with Gasteiger partial charge in [0.15, 0.2) is 0 Å². The van der Waals surface area contributed by atoms with Crippen LogP contribution in [-0.4, -0.2) is 16.8 Å². The number of hydrogen-bond acceptors (Lipinski definition) is 3. The van der Waals surface area contributed by atoms with E-state index in [2.05, 4.69) is 27.8 Å². The van der Waals surface area contributed by atoms with E-state index in [9.17, 15) is 9.59 Å². The van der Waals surface area contributed by atoms with Crippen LogP contribution in [0.5, 0.6) is 0 Å². The minimum atomic E-state index is -0.335. The highest BCUT2D eigenvalue weighted by molar-refractivity contribution is 5.98. The molecule has 2 aromatic rings. The van der Waals surface area contributed by atoms with Gasteiger partial charge in [0.05, 0.1) is 24.1 Å². The summed E-state index contributed by atoms with van der Waals surface area (Å²) in [6.07, 6.45) is 6.77. The standard InChI is InChI=1S/C23H25N3O2/c1-14-6-5-7-15(2)21(14)26-23(28)20-17-10-9-16(12-17)19(20)22(27)25-13-18-8-3-4-11-24-18/h3-11,16-17,19-20H,12-13H2,1-2H3,(H,25,27)(H,26,28)/t16-,17-,19+,20+/m1/s1. The fraction of sp³-hybridized carbons (Fsp3) is 0.348. The molecule has 0 spiro atoms. The van der Waals surface area contributed by atoms with Crippen LogP contribution in [0.4, 0.5) is 5.69 Å². The Morgan fingerprint density at radius 3 is 2.29 bits per heavy atom. The average Bonchev–Trinajstić information content (AvgIpc) is 3.31. The number of allylic oxidation sites excluding steroid dienone is 2. The number of benzene rings is 1. The zero-order chi connectivity index (χ0) is 19.7. The lowest BCUT2D eigenvalue weighted by molar-refractivity contribution is -0.133. The van der Waals surface area contributed by atoms with Crippen molar-refractivity contribution in [3.05, 3.63) is 71.6 Å². The van der Waals surface area contributed by atoms with Gasteiger partial charge in [-0.2, -0.15) is 0 Å². The van der Waals surface area contributed by atoms with Crippen molar-refractivity contribution in [1.29, 1.82) is 0 Å². The van der Waals surface area contributed by atoms with E-state index in [1.54, 1.807) is 6.20 Å². The second kappa shape index (κ2) is 7.58. The fourth-order valence-corrected chi connectivity index (χ4v) is 4.55. The second-order valence-corrected chi connectivity index (χ2v) is 7.79. The SMILES string of the molecule is Cc1cccc(C)c1NC(=O)[C@@H]1[C@@H](C(=O)NCc2ccccn2)[C@@H]2C=C[C@@H]1C2. The Labute approximate surface area is 165 Å². The number of carbonyl (C=O) groups excluding carboxylic acids is 2. The molecule has 1 aromatic heterocycles. The summed E-state index contributed by atoms with van der Waals surface area (Å²) in [4.78, 5) is 30.4. The third-order valence-electron chi connectivity index (χ3n) is 5.96. The van der Waals surface area contributed by atoms with Crippen LogP contribution in [0.3, 0.4) is 0 Å². The monoisotopic (exact) mass is 375 g/mol. The number of nitrogens with zero attached hydrogens (tertiary/aromatic N) is 1. The number of amides is 2. The van der Waals surface area contributed by atoms with E-state index in [4.69, 9.17) is 0 Å². The highest BCUT2D eigenvalue weighted by atomic mass is 16.2. The fourth-order valence-electron chi connectivity index (χ4n) is 4.55. The van der Waals surface area contributed by atoms with Crippen LogP contribution in [0.2, 0.25) is 0 Å². The Balaban J connectivity index is 1.49. The first-order valence-corrected chi connectivity index (χ1v) is 9.77. The molecule has 0 radical (unpaired) electrons. The topological polar surface area (TPSA) is 71.1 Å². The minimum absolute atomic E-state index is 0.0627. The molecule has 144 valence electrons. The number of rotatable bonds is 5. The van der Waals surface area contributed by atoms with Gasteiger partial charge in [0.1, 0.15) is 0 Å². The van der Waals surface area contributed by atoms with Gasteiger partial charge in [0, 0.05) is 11.9 Å². The molecule has 2 aliphatic carbocycles. The maximum Gasteiger partial charge on any atom is 0.228 e. The zero-order valence-corrected chi connectivity index (χ0v) is 16.2. The molecule has 4 atom stereocenters. The summed E-state index contributed by atoms with van der Waals surface area (Å²) in [7, 11) is 0. The van der Waals surface area contributed by atoms with Gasteiger partial charge < -0.3 is 10.6 Å². The maximum atomic E-state index is 13.2. The van der Waals surface area contributed by atoms with Gasteiger partial charge in [-0.25, -0.2) is 0 Å². The van der Waals surface area contributed by atoms with Crippen molar-refractivity contribution in [2.45, 2.75) is 26.8 Å². The number of nitrogens with one attached hydrogen (secondary N) is 2. The summed E-state index contributed by atoms with van der Waals surface area (Å²) in [5, 5.41) is 6.08. The summed E-state index contributed by atoms with van der Waals surface area (Å²) < 4.78 is 0. The third-order valence-corrected chi connectivity index (χ3v) is 5.96. The van der Waals surface area contributed by atoms with Crippen molar-refractivity contribution >= 4 is 17.5 Å². The van der Waals surface area contributed by atoms with E-state index < -0.39 is 0 Å². The quantitative estimate of drug-likeness (QED) is 0.787. The van der Waals surface area contributed by atoms with Gasteiger partial charge in [0.2, 0.25) is 11.8 Å². The number of pyridine rings is 1. The molecule has 2 bridgehead atoms. The van der Waals surface area contributed by atoms with E-state index in [1.165, 1.54) is 0 Å². The highest BCUT2D eigenvalue weighted by Crippen LogP contribution is 2.48. The lowest BCUT2D eigenvalue weighted by Gasteiger charge is -2.27. The predicted octanol–water partition coefficient (Wildman–Crippen LogP) is 3.39. The van der Waals surface area contributed by atoms with E-state index in [-0.39, 0.29) is 35.5 Å². The molecule has 4 rings (SSSR count). The summed E-state index contributed by atoms with van der Waals surface area (Å²) in [5.74, 6) is -0.542. The number of anilines is 1. The molecule has 2 amide bonds. The van der Waals surface area contributed by atoms with Crippen LogP contribution in [-0.2, 0) is 16.1 Å². The normalized spacial score (nSPS) is 24.9. The van der Waals surface area contributed by atoms with E-state index in [1.807, 2.05) is 50.2 Å². The molecule has 1 saturated carbocycles. The maximum absolute atomic E-state index is 13.2. The summed E-state index contributed by atoms with van der Waals surface area (Å²) in [6, 6.07) is 11.6. The van der Waals surface area contributed by atoms with Crippen LogP contribution in [0.15, 0.2) is 54.7 Å². The first-order valence-electron chi connectivity index (χ1n) is 9.77. The highest BCUT2D eigenvalue weighted by Gasteiger charge is 2.51. The Kier molecular flexibility index (Phi) is 4.99. The lowest BCUT2D eigenvalue weighted by Crippen LogP contribution is -2.42.